The van der Waals surface area contributed by atoms with Crippen molar-refractivity contribution in [2.75, 3.05) is 38.2 Å². The first kappa shape index (κ1) is 20.9. The molecule has 1 aromatic carbocycles. The number of amides is 1. The average molecular weight is 399 g/mol. The Bertz CT molecular complexity index is 941. The minimum Gasteiger partial charge on any atom is -0.464 e. The molecule has 2 heterocycles. The molecule has 1 aromatic heterocycles. The molecule has 7 heteroatoms. The molecule has 1 fully saturated rings. The standard InChI is InChI=1S/C22H29N3O4/c1-14-7-8-15(2)19-18(14)17(13-16(23-19)20(26)28-6)24-9-11-25(12-10-24)21(27)29-22(3,4)5/h7-8,13H,9-12H2,1-6H3. The Morgan fingerprint density at radius 1 is 1.03 bits per heavy atom. The number of benzene rings is 1. The van der Waals surface area contributed by atoms with Gasteiger partial charge in [0.25, 0.3) is 0 Å². The number of methoxy groups -OCH3 is 1. The van der Waals surface area contributed by atoms with Crippen LogP contribution in [0, 0.1) is 13.8 Å². The number of carbonyl (C=O) groups excluding carboxylic acids is 2. The molecule has 0 atom stereocenters. The number of hydrogen-bond donors (Lipinski definition) is 0. The molecule has 1 amide bonds. The van der Waals surface area contributed by atoms with Gasteiger partial charge in [0.15, 0.2) is 5.69 Å². The number of rotatable bonds is 2. The maximum absolute atomic E-state index is 12.4. The van der Waals surface area contributed by atoms with Gasteiger partial charge in [-0.1, -0.05) is 12.1 Å². The quantitative estimate of drug-likeness (QED) is 0.717. The number of anilines is 1. The summed E-state index contributed by atoms with van der Waals surface area (Å²) in [4.78, 5) is 33.0. The van der Waals surface area contributed by atoms with Crippen molar-refractivity contribution >= 4 is 28.7 Å². The SMILES string of the molecule is COC(=O)c1cc(N2CCN(C(=O)OC(C)(C)C)CC2)c2c(C)ccc(C)c2n1. The Morgan fingerprint density at radius 3 is 2.24 bits per heavy atom. The van der Waals surface area contributed by atoms with Crippen molar-refractivity contribution in [2.45, 2.75) is 40.2 Å². The fourth-order valence-corrected chi connectivity index (χ4v) is 3.53. The molecule has 3 rings (SSSR count). The van der Waals surface area contributed by atoms with E-state index in [9.17, 15) is 9.59 Å². The van der Waals surface area contributed by atoms with E-state index in [-0.39, 0.29) is 6.09 Å². The number of fused-ring (bicyclic) bond motifs is 1. The monoisotopic (exact) mass is 399 g/mol. The second kappa shape index (κ2) is 7.89. The summed E-state index contributed by atoms with van der Waals surface area (Å²) in [6.45, 7) is 12.0. The first-order valence-corrected chi connectivity index (χ1v) is 9.83. The van der Waals surface area contributed by atoms with Gasteiger partial charge in [0, 0.05) is 37.3 Å². The Balaban J connectivity index is 1.93. The van der Waals surface area contributed by atoms with E-state index in [0.717, 1.165) is 27.7 Å². The van der Waals surface area contributed by atoms with Gasteiger partial charge in [-0.15, -0.1) is 0 Å². The van der Waals surface area contributed by atoms with Gasteiger partial charge in [-0.05, 0) is 51.8 Å². The van der Waals surface area contributed by atoms with Crippen LogP contribution in [0.2, 0.25) is 0 Å². The number of aryl methyl sites for hydroxylation is 2. The number of esters is 1. The molecule has 1 aliphatic heterocycles. The van der Waals surface area contributed by atoms with E-state index in [2.05, 4.69) is 16.0 Å². The largest absolute Gasteiger partial charge is 0.464 e. The summed E-state index contributed by atoms with van der Waals surface area (Å²) in [5, 5.41) is 1.03. The van der Waals surface area contributed by atoms with E-state index in [1.807, 2.05) is 40.7 Å². The second-order valence-electron chi connectivity index (χ2n) is 8.40. The van der Waals surface area contributed by atoms with Crippen LogP contribution < -0.4 is 4.90 Å². The molecule has 156 valence electrons. The lowest BCUT2D eigenvalue weighted by Crippen LogP contribution is -2.50. The number of hydrogen-bond acceptors (Lipinski definition) is 6. The molecule has 29 heavy (non-hydrogen) atoms. The number of aromatic nitrogens is 1. The van der Waals surface area contributed by atoms with Gasteiger partial charge in [0.1, 0.15) is 5.60 Å². The predicted octanol–water partition coefficient (Wildman–Crippen LogP) is 3.70. The van der Waals surface area contributed by atoms with Crippen molar-refractivity contribution in [1.82, 2.24) is 9.88 Å². The van der Waals surface area contributed by atoms with E-state index in [0.29, 0.717) is 31.9 Å². The normalized spacial score (nSPS) is 14.8. The van der Waals surface area contributed by atoms with Crippen LogP contribution in [0.3, 0.4) is 0 Å². The number of carbonyl (C=O) groups is 2. The molecule has 0 aliphatic carbocycles. The first-order valence-electron chi connectivity index (χ1n) is 9.83. The van der Waals surface area contributed by atoms with Crippen LogP contribution in [0.5, 0.6) is 0 Å². The fraction of sp³-hybridized carbons (Fsp3) is 0.500. The van der Waals surface area contributed by atoms with E-state index in [1.165, 1.54) is 7.11 Å². The third-order valence-electron chi connectivity index (χ3n) is 5.02. The molecule has 1 saturated heterocycles. The summed E-state index contributed by atoms with van der Waals surface area (Å²) in [6, 6.07) is 5.87. The molecule has 2 aromatic rings. The van der Waals surface area contributed by atoms with Crippen molar-refractivity contribution < 1.29 is 19.1 Å². The van der Waals surface area contributed by atoms with Crippen LogP contribution in [0.25, 0.3) is 10.9 Å². The summed E-state index contributed by atoms with van der Waals surface area (Å²) in [7, 11) is 1.36. The van der Waals surface area contributed by atoms with E-state index in [4.69, 9.17) is 9.47 Å². The third-order valence-corrected chi connectivity index (χ3v) is 5.02. The minimum atomic E-state index is -0.514. The highest BCUT2D eigenvalue weighted by atomic mass is 16.6. The van der Waals surface area contributed by atoms with Gasteiger partial charge in [0.2, 0.25) is 0 Å². The van der Waals surface area contributed by atoms with E-state index >= 15 is 0 Å². The lowest BCUT2D eigenvalue weighted by atomic mass is 10.0. The summed E-state index contributed by atoms with van der Waals surface area (Å²) in [5.74, 6) is -0.457. The van der Waals surface area contributed by atoms with Crippen LogP contribution in [0.4, 0.5) is 10.5 Å². The Kier molecular flexibility index (Phi) is 5.68. The number of pyridine rings is 1. The highest BCUT2D eigenvalue weighted by molar-refractivity contribution is 6.00. The minimum absolute atomic E-state index is 0.290. The van der Waals surface area contributed by atoms with Gasteiger partial charge >= 0.3 is 12.1 Å². The van der Waals surface area contributed by atoms with Crippen molar-refractivity contribution in [1.29, 1.82) is 0 Å². The number of ether oxygens (including phenoxy) is 2. The number of nitrogens with zero attached hydrogens (tertiary/aromatic N) is 3. The summed E-state index contributed by atoms with van der Waals surface area (Å²) in [6.07, 6.45) is -0.293. The molecule has 0 saturated carbocycles. The van der Waals surface area contributed by atoms with Crippen LogP contribution >= 0.6 is 0 Å². The number of piperazine rings is 1. The van der Waals surface area contributed by atoms with Gasteiger partial charge in [-0.25, -0.2) is 14.6 Å². The van der Waals surface area contributed by atoms with Crippen LogP contribution in [-0.2, 0) is 9.47 Å². The lowest BCUT2D eigenvalue weighted by Gasteiger charge is -2.37. The van der Waals surface area contributed by atoms with Crippen molar-refractivity contribution in [3.05, 3.63) is 35.0 Å². The summed E-state index contributed by atoms with van der Waals surface area (Å²) in [5.41, 5.74) is 3.62. The van der Waals surface area contributed by atoms with Crippen LogP contribution in [0.15, 0.2) is 18.2 Å². The van der Waals surface area contributed by atoms with Gasteiger partial charge < -0.3 is 19.3 Å². The molecular weight excluding hydrogens is 370 g/mol. The Labute approximate surface area is 171 Å². The Hall–Kier alpha value is -2.83. The zero-order valence-electron chi connectivity index (χ0n) is 18.0. The Morgan fingerprint density at radius 2 is 1.66 bits per heavy atom. The van der Waals surface area contributed by atoms with Gasteiger partial charge in [-0.2, -0.15) is 0 Å². The van der Waals surface area contributed by atoms with Gasteiger partial charge in [-0.3, -0.25) is 0 Å². The molecule has 0 N–H and O–H groups in total. The van der Waals surface area contributed by atoms with E-state index < -0.39 is 11.6 Å². The second-order valence-corrected chi connectivity index (χ2v) is 8.40. The predicted molar refractivity (Wildman–Crippen MR) is 113 cm³/mol. The summed E-state index contributed by atoms with van der Waals surface area (Å²) >= 11 is 0. The molecule has 7 nitrogen and oxygen atoms in total. The maximum Gasteiger partial charge on any atom is 0.410 e. The van der Waals surface area contributed by atoms with Crippen molar-refractivity contribution in [2.24, 2.45) is 0 Å². The van der Waals surface area contributed by atoms with E-state index in [1.54, 1.807) is 11.0 Å². The van der Waals surface area contributed by atoms with Gasteiger partial charge in [0.05, 0.1) is 12.6 Å². The molecule has 0 unspecified atom stereocenters. The fourth-order valence-electron chi connectivity index (χ4n) is 3.53. The van der Waals surface area contributed by atoms with Crippen molar-refractivity contribution in [3.63, 3.8) is 0 Å². The van der Waals surface area contributed by atoms with Crippen LogP contribution in [0.1, 0.15) is 42.4 Å². The molecule has 0 radical (unpaired) electrons. The molecule has 0 bridgehead atoms. The highest BCUT2D eigenvalue weighted by Gasteiger charge is 2.27. The zero-order chi connectivity index (χ0) is 21.3. The summed E-state index contributed by atoms with van der Waals surface area (Å²) < 4.78 is 10.4. The van der Waals surface area contributed by atoms with Crippen molar-refractivity contribution in [3.8, 4) is 0 Å². The smallest absolute Gasteiger partial charge is 0.410 e. The third kappa shape index (κ3) is 4.44. The molecular formula is C22H29N3O4. The zero-order valence-corrected chi connectivity index (χ0v) is 18.0. The highest BCUT2D eigenvalue weighted by Crippen LogP contribution is 2.32. The maximum atomic E-state index is 12.4. The first-order chi connectivity index (χ1) is 13.6. The molecule has 1 aliphatic rings. The average Bonchev–Trinajstić information content (AvgIpc) is 2.68. The van der Waals surface area contributed by atoms with Crippen LogP contribution in [-0.4, -0.2) is 60.8 Å². The molecule has 0 spiro atoms. The lowest BCUT2D eigenvalue weighted by molar-refractivity contribution is 0.0240. The topological polar surface area (TPSA) is 72.0 Å².